The molecular formula is C18H20N6OS. The maximum Gasteiger partial charge on any atom is 0.266 e. The highest BCUT2D eigenvalue weighted by Gasteiger charge is 2.30. The first-order valence-electron chi connectivity index (χ1n) is 8.59. The molecule has 4 rings (SSSR count). The van der Waals surface area contributed by atoms with Crippen molar-refractivity contribution >= 4 is 22.4 Å². The highest BCUT2D eigenvalue weighted by molar-refractivity contribution is 7.17. The van der Waals surface area contributed by atoms with Crippen LogP contribution in [-0.4, -0.2) is 37.1 Å². The van der Waals surface area contributed by atoms with Crippen LogP contribution in [0.4, 0.5) is 5.13 Å². The van der Waals surface area contributed by atoms with Gasteiger partial charge in [0.1, 0.15) is 10.7 Å². The summed E-state index contributed by atoms with van der Waals surface area (Å²) in [5.41, 5.74) is 6.93. The molecule has 0 radical (unpaired) electrons. The molecule has 2 N–H and O–H groups in total. The van der Waals surface area contributed by atoms with Gasteiger partial charge in [-0.25, -0.2) is 4.98 Å². The lowest BCUT2D eigenvalue weighted by Gasteiger charge is -2.32. The fourth-order valence-corrected chi connectivity index (χ4v) is 4.03. The predicted molar refractivity (Wildman–Crippen MR) is 99.8 cm³/mol. The normalized spacial score (nSPS) is 16.5. The summed E-state index contributed by atoms with van der Waals surface area (Å²) in [6.07, 6.45) is 3.30. The highest BCUT2D eigenvalue weighted by atomic mass is 32.1. The number of nitrogens with zero attached hydrogens (tertiary/aromatic N) is 5. The molecule has 1 aliphatic rings. The highest BCUT2D eigenvalue weighted by Crippen LogP contribution is 2.25. The van der Waals surface area contributed by atoms with Gasteiger partial charge in [-0.05, 0) is 18.9 Å². The van der Waals surface area contributed by atoms with Crippen LogP contribution in [0.25, 0.3) is 0 Å². The lowest BCUT2D eigenvalue weighted by atomic mass is 10.1. The summed E-state index contributed by atoms with van der Waals surface area (Å²) < 4.78 is 2.17. The molecule has 0 saturated carbocycles. The van der Waals surface area contributed by atoms with Gasteiger partial charge in [0.05, 0.1) is 18.8 Å². The van der Waals surface area contributed by atoms with Gasteiger partial charge in [0.2, 0.25) is 0 Å². The molecular weight excluding hydrogens is 348 g/mol. The maximum absolute atomic E-state index is 12.7. The maximum atomic E-state index is 12.7. The number of aromatic nitrogens is 4. The zero-order chi connectivity index (χ0) is 18.1. The van der Waals surface area contributed by atoms with Crippen molar-refractivity contribution in [2.75, 3.05) is 12.3 Å². The van der Waals surface area contributed by atoms with Crippen molar-refractivity contribution in [1.29, 1.82) is 0 Å². The molecule has 3 aromatic rings. The fraction of sp³-hybridized carbons (Fsp3) is 0.333. The molecule has 1 amide bonds. The number of anilines is 1. The summed E-state index contributed by atoms with van der Waals surface area (Å²) in [6, 6.07) is 10.5. The van der Waals surface area contributed by atoms with E-state index in [1.165, 1.54) is 23.1 Å². The second kappa shape index (κ2) is 6.87. The van der Waals surface area contributed by atoms with Crippen LogP contribution in [0.5, 0.6) is 0 Å². The molecule has 1 aliphatic heterocycles. The molecule has 0 bridgehead atoms. The SMILES string of the molecule is C[C@H]1CN(C(=O)c2cnc(N)s2)Cc2nnc(CCc3ccccc3)n21. The first-order chi connectivity index (χ1) is 12.6. The molecule has 134 valence electrons. The van der Waals surface area contributed by atoms with Crippen LogP contribution in [0.3, 0.4) is 0 Å². The molecule has 2 aromatic heterocycles. The van der Waals surface area contributed by atoms with Crippen molar-refractivity contribution in [2.45, 2.75) is 32.4 Å². The Morgan fingerprint density at radius 1 is 1.27 bits per heavy atom. The zero-order valence-corrected chi connectivity index (χ0v) is 15.3. The number of nitrogens with two attached hydrogens (primary N) is 1. The minimum Gasteiger partial charge on any atom is -0.375 e. The Morgan fingerprint density at radius 3 is 2.81 bits per heavy atom. The van der Waals surface area contributed by atoms with E-state index < -0.39 is 0 Å². The van der Waals surface area contributed by atoms with E-state index in [4.69, 9.17) is 5.73 Å². The smallest absolute Gasteiger partial charge is 0.266 e. The average Bonchev–Trinajstić information content (AvgIpc) is 3.26. The first-order valence-corrected chi connectivity index (χ1v) is 9.40. The van der Waals surface area contributed by atoms with Crippen LogP contribution in [0.2, 0.25) is 0 Å². The number of thiazole rings is 1. The third kappa shape index (κ3) is 3.20. The van der Waals surface area contributed by atoms with E-state index in [-0.39, 0.29) is 11.9 Å². The minimum atomic E-state index is -0.0499. The lowest BCUT2D eigenvalue weighted by molar-refractivity contribution is 0.0684. The first kappa shape index (κ1) is 16.7. The number of nitrogen functional groups attached to an aromatic ring is 1. The largest absolute Gasteiger partial charge is 0.375 e. The molecule has 1 atom stereocenters. The zero-order valence-electron chi connectivity index (χ0n) is 14.5. The number of rotatable bonds is 4. The lowest BCUT2D eigenvalue weighted by Crippen LogP contribution is -2.40. The quantitative estimate of drug-likeness (QED) is 0.763. The van der Waals surface area contributed by atoms with E-state index in [0.717, 1.165) is 24.5 Å². The third-order valence-electron chi connectivity index (χ3n) is 4.60. The summed E-state index contributed by atoms with van der Waals surface area (Å²) in [6.45, 7) is 3.18. The number of aryl methyl sites for hydroxylation is 2. The van der Waals surface area contributed by atoms with Crippen LogP contribution in [-0.2, 0) is 19.4 Å². The number of fused-ring (bicyclic) bond motifs is 1. The fourth-order valence-electron chi connectivity index (χ4n) is 3.38. The Kier molecular flexibility index (Phi) is 4.42. The van der Waals surface area contributed by atoms with Crippen LogP contribution in [0.15, 0.2) is 36.5 Å². The number of hydrogen-bond acceptors (Lipinski definition) is 6. The Balaban J connectivity index is 1.50. The molecule has 0 aliphatic carbocycles. The molecule has 0 unspecified atom stereocenters. The summed E-state index contributed by atoms with van der Waals surface area (Å²) in [5, 5.41) is 9.12. The van der Waals surface area contributed by atoms with E-state index in [2.05, 4.69) is 38.8 Å². The monoisotopic (exact) mass is 368 g/mol. The van der Waals surface area contributed by atoms with Gasteiger partial charge in [-0.2, -0.15) is 0 Å². The Labute approximate surface area is 155 Å². The summed E-state index contributed by atoms with van der Waals surface area (Å²) in [5.74, 6) is 1.76. The summed E-state index contributed by atoms with van der Waals surface area (Å²) in [7, 11) is 0. The van der Waals surface area contributed by atoms with Crippen LogP contribution in [0.1, 0.15) is 39.8 Å². The number of carbonyl (C=O) groups is 1. The van der Waals surface area contributed by atoms with Gasteiger partial charge in [-0.1, -0.05) is 41.7 Å². The van der Waals surface area contributed by atoms with Gasteiger partial charge in [-0.3, -0.25) is 4.79 Å². The predicted octanol–water partition coefficient (Wildman–Crippen LogP) is 2.32. The van der Waals surface area contributed by atoms with Crippen LogP contribution >= 0.6 is 11.3 Å². The molecule has 26 heavy (non-hydrogen) atoms. The summed E-state index contributed by atoms with van der Waals surface area (Å²) >= 11 is 1.22. The molecule has 0 spiro atoms. The van der Waals surface area contributed by atoms with Crippen molar-refractivity contribution in [3.05, 3.63) is 58.6 Å². The minimum absolute atomic E-state index is 0.0499. The molecule has 0 saturated heterocycles. The standard InChI is InChI=1S/C18H20N6OS/c1-12-10-23(17(25)14-9-20-18(19)26-14)11-16-22-21-15(24(12)16)8-7-13-5-3-2-4-6-13/h2-6,9,12H,7-8,10-11H2,1H3,(H2,19,20)/t12-/m0/s1. The number of benzene rings is 1. The van der Waals surface area contributed by atoms with Crippen molar-refractivity contribution in [1.82, 2.24) is 24.6 Å². The molecule has 0 fully saturated rings. The van der Waals surface area contributed by atoms with Gasteiger partial charge in [0.25, 0.3) is 5.91 Å². The third-order valence-corrected chi connectivity index (χ3v) is 5.41. The van der Waals surface area contributed by atoms with Crippen LogP contribution < -0.4 is 5.73 Å². The van der Waals surface area contributed by atoms with Crippen molar-refractivity contribution in [3.8, 4) is 0 Å². The van der Waals surface area contributed by atoms with Crippen molar-refractivity contribution in [3.63, 3.8) is 0 Å². The van der Waals surface area contributed by atoms with Gasteiger partial charge in [-0.15, -0.1) is 10.2 Å². The molecule has 3 heterocycles. The van der Waals surface area contributed by atoms with Gasteiger partial charge in [0.15, 0.2) is 11.0 Å². The number of amides is 1. The average molecular weight is 368 g/mol. The number of hydrogen-bond donors (Lipinski definition) is 1. The van der Waals surface area contributed by atoms with E-state index >= 15 is 0 Å². The Morgan fingerprint density at radius 2 is 2.08 bits per heavy atom. The van der Waals surface area contributed by atoms with Gasteiger partial charge >= 0.3 is 0 Å². The Bertz CT molecular complexity index is 919. The second-order valence-electron chi connectivity index (χ2n) is 6.49. The van der Waals surface area contributed by atoms with E-state index in [1.54, 1.807) is 4.90 Å². The second-order valence-corrected chi connectivity index (χ2v) is 7.55. The molecule has 7 nitrogen and oxygen atoms in total. The van der Waals surface area contributed by atoms with Crippen molar-refractivity contribution < 1.29 is 4.79 Å². The van der Waals surface area contributed by atoms with Crippen molar-refractivity contribution in [2.24, 2.45) is 0 Å². The van der Waals surface area contributed by atoms with E-state index in [0.29, 0.717) is 23.1 Å². The Hall–Kier alpha value is -2.74. The molecule has 8 heteroatoms. The van der Waals surface area contributed by atoms with E-state index in [1.807, 2.05) is 18.2 Å². The van der Waals surface area contributed by atoms with Crippen LogP contribution in [0, 0.1) is 0 Å². The van der Waals surface area contributed by atoms with Gasteiger partial charge < -0.3 is 15.2 Å². The molecule has 1 aromatic carbocycles. The topological polar surface area (TPSA) is 89.9 Å². The van der Waals surface area contributed by atoms with Gasteiger partial charge in [0, 0.05) is 13.0 Å². The number of carbonyl (C=O) groups excluding carboxylic acids is 1. The summed E-state index contributed by atoms with van der Waals surface area (Å²) in [4.78, 5) is 19.0. The van der Waals surface area contributed by atoms with E-state index in [9.17, 15) is 4.79 Å².